The van der Waals surface area contributed by atoms with Crippen LogP contribution in [0.5, 0.6) is 0 Å². The van der Waals surface area contributed by atoms with Crippen molar-refractivity contribution in [2.24, 2.45) is 0 Å². The molecule has 0 atom stereocenters. The number of hydrogen-bond donors (Lipinski definition) is 1. The predicted molar refractivity (Wildman–Crippen MR) is 117 cm³/mol. The second-order valence-corrected chi connectivity index (χ2v) is 12.6. The van der Waals surface area contributed by atoms with E-state index in [2.05, 4.69) is 4.72 Å². The summed E-state index contributed by atoms with van der Waals surface area (Å²) in [5.74, 6) is -1.56. The SMILES string of the molecule is O=S(=O)(NC1CCC(c2cc(F)ccc2F)(S(=O)(=O)c2ccc(Cl)cc2)CC1)N1CCC1. The lowest BCUT2D eigenvalue weighted by Gasteiger charge is -2.41. The summed E-state index contributed by atoms with van der Waals surface area (Å²) in [5.41, 5.74) is -0.239. The third-order valence-corrected chi connectivity index (χ3v) is 10.8. The van der Waals surface area contributed by atoms with Gasteiger partial charge in [-0.15, -0.1) is 0 Å². The Kier molecular flexibility index (Phi) is 6.36. The Balaban J connectivity index is 1.70. The Morgan fingerprint density at radius 3 is 2.16 bits per heavy atom. The van der Waals surface area contributed by atoms with Crippen molar-refractivity contribution in [2.45, 2.75) is 47.8 Å². The molecule has 174 valence electrons. The fourth-order valence-electron chi connectivity index (χ4n) is 4.38. The molecule has 4 rings (SSSR count). The van der Waals surface area contributed by atoms with E-state index in [0.717, 1.165) is 24.6 Å². The molecule has 1 aliphatic carbocycles. The summed E-state index contributed by atoms with van der Waals surface area (Å²) in [5, 5.41) is 0.346. The molecule has 11 heteroatoms. The number of nitrogens with zero attached hydrogens (tertiary/aromatic N) is 1. The van der Waals surface area contributed by atoms with Crippen molar-refractivity contribution < 1.29 is 25.6 Å². The lowest BCUT2D eigenvalue weighted by atomic mass is 9.80. The maximum Gasteiger partial charge on any atom is 0.279 e. The van der Waals surface area contributed by atoms with Crippen LogP contribution in [0.15, 0.2) is 47.4 Å². The molecule has 1 saturated carbocycles. The molecule has 0 spiro atoms. The normalized spacial score (nSPS) is 24.8. The van der Waals surface area contributed by atoms with Crippen LogP contribution in [0.4, 0.5) is 8.78 Å². The molecule has 0 unspecified atom stereocenters. The summed E-state index contributed by atoms with van der Waals surface area (Å²) < 4.78 is 83.6. The molecular formula is C21H23ClF2N2O4S2. The monoisotopic (exact) mass is 504 g/mol. The largest absolute Gasteiger partial charge is 0.279 e. The second kappa shape index (κ2) is 8.64. The summed E-state index contributed by atoms with van der Waals surface area (Å²) >= 11 is 5.89. The topological polar surface area (TPSA) is 83.5 Å². The van der Waals surface area contributed by atoms with Crippen LogP contribution in [0.1, 0.15) is 37.7 Å². The maximum absolute atomic E-state index is 14.9. The van der Waals surface area contributed by atoms with Crippen LogP contribution in [-0.2, 0) is 24.8 Å². The third kappa shape index (κ3) is 4.19. The van der Waals surface area contributed by atoms with Crippen molar-refractivity contribution in [3.8, 4) is 0 Å². The van der Waals surface area contributed by atoms with E-state index in [1.54, 1.807) is 0 Å². The lowest BCUT2D eigenvalue weighted by molar-refractivity contribution is 0.286. The van der Waals surface area contributed by atoms with Gasteiger partial charge in [0.1, 0.15) is 16.4 Å². The number of halogens is 3. The lowest BCUT2D eigenvalue weighted by Crippen LogP contribution is -2.53. The van der Waals surface area contributed by atoms with E-state index < -0.39 is 42.5 Å². The fourth-order valence-corrected chi connectivity index (χ4v) is 8.22. The molecular weight excluding hydrogens is 482 g/mol. The summed E-state index contributed by atoms with van der Waals surface area (Å²) in [6, 6.07) is 7.83. The van der Waals surface area contributed by atoms with Crippen molar-refractivity contribution in [3.05, 3.63) is 64.7 Å². The van der Waals surface area contributed by atoms with E-state index in [1.165, 1.54) is 28.6 Å². The highest BCUT2D eigenvalue weighted by Gasteiger charge is 2.50. The third-order valence-electron chi connectivity index (χ3n) is 6.32. The molecule has 1 saturated heterocycles. The van der Waals surface area contributed by atoms with E-state index >= 15 is 0 Å². The molecule has 2 fully saturated rings. The fraction of sp³-hybridized carbons (Fsp3) is 0.429. The first-order chi connectivity index (χ1) is 15.0. The van der Waals surface area contributed by atoms with Gasteiger partial charge in [0.25, 0.3) is 10.2 Å². The first-order valence-electron chi connectivity index (χ1n) is 10.3. The van der Waals surface area contributed by atoms with Gasteiger partial charge in [0.05, 0.1) is 4.90 Å². The number of rotatable bonds is 6. The van der Waals surface area contributed by atoms with Gasteiger partial charge in [0.15, 0.2) is 9.84 Å². The van der Waals surface area contributed by atoms with Crippen molar-refractivity contribution in [2.75, 3.05) is 13.1 Å². The highest BCUT2D eigenvalue weighted by atomic mass is 35.5. The smallest absolute Gasteiger partial charge is 0.223 e. The van der Waals surface area contributed by atoms with E-state index in [1.807, 2.05) is 0 Å². The van der Waals surface area contributed by atoms with Crippen LogP contribution in [0.25, 0.3) is 0 Å². The predicted octanol–water partition coefficient (Wildman–Crippen LogP) is 3.77. The van der Waals surface area contributed by atoms with Gasteiger partial charge in [0.2, 0.25) is 0 Å². The number of hydrogen-bond acceptors (Lipinski definition) is 4. The minimum atomic E-state index is -4.16. The molecule has 0 bridgehead atoms. The van der Waals surface area contributed by atoms with Crippen LogP contribution >= 0.6 is 11.6 Å². The molecule has 2 aromatic rings. The molecule has 1 N–H and O–H groups in total. The average molecular weight is 505 g/mol. The molecule has 1 heterocycles. The van der Waals surface area contributed by atoms with Crippen LogP contribution in [0, 0.1) is 11.6 Å². The highest BCUT2D eigenvalue weighted by molar-refractivity contribution is 7.92. The molecule has 32 heavy (non-hydrogen) atoms. The molecule has 0 radical (unpaired) electrons. The zero-order chi connectivity index (χ0) is 23.1. The van der Waals surface area contributed by atoms with Crippen molar-refractivity contribution >= 4 is 31.6 Å². The van der Waals surface area contributed by atoms with Crippen LogP contribution in [0.2, 0.25) is 5.02 Å². The van der Waals surface area contributed by atoms with Crippen molar-refractivity contribution in [1.29, 1.82) is 0 Å². The van der Waals surface area contributed by atoms with Gasteiger partial charge >= 0.3 is 0 Å². The van der Waals surface area contributed by atoms with Gasteiger partial charge in [0, 0.05) is 29.7 Å². The van der Waals surface area contributed by atoms with Crippen LogP contribution in [-0.4, -0.2) is 40.3 Å². The van der Waals surface area contributed by atoms with Crippen LogP contribution in [0.3, 0.4) is 0 Å². The van der Waals surface area contributed by atoms with E-state index in [-0.39, 0.29) is 36.1 Å². The van der Waals surface area contributed by atoms with E-state index in [0.29, 0.717) is 18.1 Å². The summed E-state index contributed by atoms with van der Waals surface area (Å²) in [4.78, 5) is -0.0508. The molecule has 2 aromatic carbocycles. The van der Waals surface area contributed by atoms with Crippen LogP contribution < -0.4 is 4.72 Å². The summed E-state index contributed by atoms with van der Waals surface area (Å²) in [7, 11) is -7.81. The molecule has 0 aromatic heterocycles. The van der Waals surface area contributed by atoms with Crippen molar-refractivity contribution in [1.82, 2.24) is 9.03 Å². The van der Waals surface area contributed by atoms with Gasteiger partial charge in [-0.3, -0.25) is 0 Å². The molecule has 0 amide bonds. The second-order valence-electron chi connectivity index (χ2n) is 8.23. The van der Waals surface area contributed by atoms with Crippen molar-refractivity contribution in [3.63, 3.8) is 0 Å². The Bertz CT molecular complexity index is 1210. The number of nitrogens with one attached hydrogen (secondary N) is 1. The zero-order valence-electron chi connectivity index (χ0n) is 17.1. The van der Waals surface area contributed by atoms with Gasteiger partial charge in [-0.05, 0) is 74.6 Å². The van der Waals surface area contributed by atoms with E-state index in [4.69, 9.17) is 11.6 Å². The van der Waals surface area contributed by atoms with Gasteiger partial charge in [-0.25, -0.2) is 17.2 Å². The Morgan fingerprint density at radius 2 is 1.59 bits per heavy atom. The van der Waals surface area contributed by atoms with Gasteiger partial charge < -0.3 is 0 Å². The number of benzene rings is 2. The first kappa shape index (κ1) is 23.6. The average Bonchev–Trinajstić information content (AvgIpc) is 2.69. The molecule has 2 aliphatic rings. The van der Waals surface area contributed by atoms with Gasteiger partial charge in [-0.1, -0.05) is 11.6 Å². The number of sulfone groups is 1. The van der Waals surface area contributed by atoms with Gasteiger partial charge in [-0.2, -0.15) is 17.4 Å². The summed E-state index contributed by atoms with van der Waals surface area (Å²) in [6.45, 7) is 0.900. The summed E-state index contributed by atoms with van der Waals surface area (Å²) in [6.07, 6.45) is 0.996. The maximum atomic E-state index is 14.9. The standard InChI is InChI=1S/C21H23ClF2N2O4S2/c22-15-2-5-18(6-3-15)31(27,28)21(19-14-16(23)4-7-20(19)24)10-8-17(9-11-21)25-32(29,30)26-12-1-13-26/h2-7,14,17,25H,1,8-13H2. The molecule has 6 nitrogen and oxygen atoms in total. The first-order valence-corrected chi connectivity index (χ1v) is 13.6. The minimum absolute atomic E-state index is 0.0508. The highest BCUT2D eigenvalue weighted by Crippen LogP contribution is 2.48. The molecule has 1 aliphatic heterocycles. The Morgan fingerprint density at radius 1 is 0.969 bits per heavy atom. The Hall–Kier alpha value is -1.59. The Labute approximate surface area is 191 Å². The van der Waals surface area contributed by atoms with E-state index in [9.17, 15) is 25.6 Å². The quantitative estimate of drug-likeness (QED) is 0.649. The zero-order valence-corrected chi connectivity index (χ0v) is 19.5. The minimum Gasteiger partial charge on any atom is -0.223 e.